The highest BCUT2D eigenvalue weighted by Crippen LogP contribution is 2.28. The van der Waals surface area contributed by atoms with Crippen LogP contribution in [0.1, 0.15) is 26.3 Å². The molecule has 0 aliphatic heterocycles. The molecule has 0 amide bonds. The van der Waals surface area contributed by atoms with E-state index in [1.165, 1.54) is 0 Å². The van der Waals surface area contributed by atoms with Crippen LogP contribution in [0.4, 0.5) is 11.5 Å². The second kappa shape index (κ2) is 4.39. The van der Waals surface area contributed by atoms with Gasteiger partial charge in [-0.2, -0.15) is 0 Å². The Morgan fingerprint density at radius 2 is 2.07 bits per heavy atom. The maximum Gasteiger partial charge on any atom is 0.140 e. The van der Waals surface area contributed by atoms with E-state index in [2.05, 4.69) is 47.0 Å². The van der Waals surface area contributed by atoms with Crippen molar-refractivity contribution in [2.45, 2.75) is 27.7 Å². The van der Waals surface area contributed by atoms with Gasteiger partial charge >= 0.3 is 0 Å². The Morgan fingerprint density at radius 3 is 2.60 bits per heavy atom. The summed E-state index contributed by atoms with van der Waals surface area (Å²) in [6.07, 6.45) is 1.69. The van der Waals surface area contributed by atoms with Gasteiger partial charge in [0.2, 0.25) is 0 Å². The van der Waals surface area contributed by atoms with Gasteiger partial charge in [0, 0.05) is 6.54 Å². The molecule has 0 saturated heterocycles. The summed E-state index contributed by atoms with van der Waals surface area (Å²) in [6, 6.07) is 0. The van der Waals surface area contributed by atoms with E-state index in [-0.39, 0.29) is 5.41 Å². The van der Waals surface area contributed by atoms with E-state index >= 15 is 0 Å². The molecule has 0 bridgehead atoms. The molecule has 0 unspecified atom stereocenters. The van der Waals surface area contributed by atoms with Crippen LogP contribution in [-0.2, 0) is 0 Å². The molecule has 0 aliphatic carbocycles. The molecule has 1 rings (SSSR count). The molecule has 0 aliphatic rings. The van der Waals surface area contributed by atoms with Crippen LogP contribution in [0.3, 0.4) is 0 Å². The van der Waals surface area contributed by atoms with Gasteiger partial charge in [-0.3, -0.25) is 0 Å². The Balaban J connectivity index is 2.83. The zero-order valence-corrected chi connectivity index (χ0v) is 11.3. The number of nitrogens with one attached hydrogen (secondary N) is 1. The monoisotopic (exact) mass is 271 g/mol. The topological polar surface area (TPSA) is 50.9 Å². The van der Waals surface area contributed by atoms with Gasteiger partial charge in [0.1, 0.15) is 5.82 Å². The molecular weight excluding hydrogens is 254 g/mol. The van der Waals surface area contributed by atoms with Crippen LogP contribution in [-0.4, -0.2) is 11.5 Å². The molecule has 1 aromatic rings. The molecule has 0 saturated carbocycles. The van der Waals surface area contributed by atoms with Gasteiger partial charge in [-0.15, -0.1) is 0 Å². The number of anilines is 2. The summed E-state index contributed by atoms with van der Waals surface area (Å²) in [5, 5.41) is 3.31. The Morgan fingerprint density at radius 1 is 1.47 bits per heavy atom. The first-order chi connectivity index (χ1) is 6.81. The van der Waals surface area contributed by atoms with Crippen LogP contribution < -0.4 is 11.1 Å². The molecule has 15 heavy (non-hydrogen) atoms. The molecule has 0 fully saturated rings. The minimum Gasteiger partial charge on any atom is -0.397 e. The van der Waals surface area contributed by atoms with Gasteiger partial charge < -0.3 is 11.1 Å². The standard InChI is InChI=1S/C11H18BrN3/c1-7-8(13)5-14-10(9(7)12)15-6-11(2,3)4/h5H,6,13H2,1-4H3,(H,14,15). The van der Waals surface area contributed by atoms with E-state index in [0.717, 1.165) is 22.4 Å². The fourth-order valence-electron chi connectivity index (χ4n) is 1.06. The van der Waals surface area contributed by atoms with Crippen molar-refractivity contribution in [1.29, 1.82) is 0 Å². The molecule has 1 aromatic heterocycles. The van der Waals surface area contributed by atoms with E-state index in [4.69, 9.17) is 5.73 Å². The van der Waals surface area contributed by atoms with E-state index < -0.39 is 0 Å². The fraction of sp³-hybridized carbons (Fsp3) is 0.545. The quantitative estimate of drug-likeness (QED) is 0.869. The van der Waals surface area contributed by atoms with Gasteiger partial charge in [0.05, 0.1) is 16.4 Å². The predicted octanol–water partition coefficient (Wildman–Crippen LogP) is 3.19. The van der Waals surface area contributed by atoms with Crippen molar-refractivity contribution < 1.29 is 0 Å². The third-order valence-corrected chi connectivity index (χ3v) is 3.06. The lowest BCUT2D eigenvalue weighted by molar-refractivity contribution is 0.442. The molecule has 0 radical (unpaired) electrons. The minimum atomic E-state index is 0.233. The number of nitrogens with two attached hydrogens (primary N) is 1. The van der Waals surface area contributed by atoms with Gasteiger partial charge in [-0.1, -0.05) is 20.8 Å². The van der Waals surface area contributed by atoms with Crippen molar-refractivity contribution in [2.24, 2.45) is 5.41 Å². The number of rotatable bonds is 2. The minimum absolute atomic E-state index is 0.233. The maximum absolute atomic E-state index is 5.75. The molecule has 0 spiro atoms. The molecule has 4 heteroatoms. The van der Waals surface area contributed by atoms with E-state index in [1.807, 2.05) is 6.92 Å². The van der Waals surface area contributed by atoms with Crippen LogP contribution in [0, 0.1) is 12.3 Å². The fourth-order valence-corrected chi connectivity index (χ4v) is 1.54. The van der Waals surface area contributed by atoms with Crippen molar-refractivity contribution in [3.05, 3.63) is 16.2 Å². The summed E-state index contributed by atoms with van der Waals surface area (Å²) < 4.78 is 0.951. The summed E-state index contributed by atoms with van der Waals surface area (Å²) in [6.45, 7) is 9.39. The summed E-state index contributed by atoms with van der Waals surface area (Å²) >= 11 is 3.49. The Labute approximate surface area is 99.6 Å². The number of hydrogen-bond donors (Lipinski definition) is 2. The third kappa shape index (κ3) is 3.38. The van der Waals surface area contributed by atoms with E-state index in [1.54, 1.807) is 6.20 Å². The Kier molecular flexibility index (Phi) is 3.60. The number of aromatic nitrogens is 1. The third-order valence-electron chi connectivity index (χ3n) is 2.09. The maximum atomic E-state index is 5.75. The smallest absolute Gasteiger partial charge is 0.140 e. The highest BCUT2D eigenvalue weighted by molar-refractivity contribution is 9.10. The van der Waals surface area contributed by atoms with Crippen LogP contribution in [0.15, 0.2) is 10.7 Å². The lowest BCUT2D eigenvalue weighted by Crippen LogP contribution is -2.20. The molecule has 0 atom stereocenters. The molecular formula is C11H18BrN3. The number of nitrogens with zero attached hydrogens (tertiary/aromatic N) is 1. The summed E-state index contributed by atoms with van der Waals surface area (Å²) in [7, 11) is 0. The van der Waals surface area contributed by atoms with Crippen molar-refractivity contribution in [3.8, 4) is 0 Å². The average molecular weight is 272 g/mol. The van der Waals surface area contributed by atoms with Crippen molar-refractivity contribution in [3.63, 3.8) is 0 Å². The highest BCUT2D eigenvalue weighted by atomic mass is 79.9. The van der Waals surface area contributed by atoms with Crippen LogP contribution in [0.2, 0.25) is 0 Å². The first kappa shape index (κ1) is 12.3. The molecule has 0 aromatic carbocycles. The number of halogens is 1. The lowest BCUT2D eigenvalue weighted by atomic mass is 9.97. The van der Waals surface area contributed by atoms with Gasteiger partial charge in [-0.05, 0) is 33.8 Å². The van der Waals surface area contributed by atoms with Crippen molar-refractivity contribution in [2.75, 3.05) is 17.6 Å². The lowest BCUT2D eigenvalue weighted by Gasteiger charge is -2.20. The first-order valence-corrected chi connectivity index (χ1v) is 5.75. The Hall–Kier alpha value is -0.770. The molecule has 1 heterocycles. The number of nitrogen functional groups attached to an aromatic ring is 1. The SMILES string of the molecule is Cc1c(N)cnc(NCC(C)(C)C)c1Br. The summed E-state index contributed by atoms with van der Waals surface area (Å²) in [4.78, 5) is 4.26. The van der Waals surface area contributed by atoms with Crippen molar-refractivity contribution in [1.82, 2.24) is 4.98 Å². The second-order valence-electron chi connectivity index (χ2n) is 4.92. The highest BCUT2D eigenvalue weighted by Gasteiger charge is 2.12. The van der Waals surface area contributed by atoms with Crippen LogP contribution >= 0.6 is 15.9 Å². The van der Waals surface area contributed by atoms with Gasteiger partial charge in [0.15, 0.2) is 0 Å². The molecule has 84 valence electrons. The Bertz CT molecular complexity index is 356. The molecule has 3 nitrogen and oxygen atoms in total. The largest absolute Gasteiger partial charge is 0.397 e. The normalized spacial score (nSPS) is 11.5. The van der Waals surface area contributed by atoms with Crippen LogP contribution in [0.25, 0.3) is 0 Å². The van der Waals surface area contributed by atoms with Gasteiger partial charge in [-0.25, -0.2) is 4.98 Å². The average Bonchev–Trinajstić information content (AvgIpc) is 2.12. The van der Waals surface area contributed by atoms with Crippen LogP contribution in [0.5, 0.6) is 0 Å². The zero-order chi connectivity index (χ0) is 11.6. The van der Waals surface area contributed by atoms with E-state index in [9.17, 15) is 0 Å². The molecule has 3 N–H and O–H groups in total. The number of hydrogen-bond acceptors (Lipinski definition) is 3. The van der Waals surface area contributed by atoms with Gasteiger partial charge in [0.25, 0.3) is 0 Å². The first-order valence-electron chi connectivity index (χ1n) is 4.96. The van der Waals surface area contributed by atoms with E-state index in [0.29, 0.717) is 5.69 Å². The summed E-state index contributed by atoms with van der Waals surface area (Å²) in [5.41, 5.74) is 7.72. The number of pyridine rings is 1. The summed E-state index contributed by atoms with van der Waals surface area (Å²) in [5.74, 6) is 0.858. The zero-order valence-electron chi connectivity index (χ0n) is 9.69. The predicted molar refractivity (Wildman–Crippen MR) is 69.0 cm³/mol. The second-order valence-corrected chi connectivity index (χ2v) is 5.71. The van der Waals surface area contributed by atoms with Crippen molar-refractivity contribution >= 4 is 27.4 Å².